The van der Waals surface area contributed by atoms with Crippen molar-refractivity contribution in [1.82, 2.24) is 0 Å². The number of hydrogen-bond donors (Lipinski definition) is 1. The van der Waals surface area contributed by atoms with Crippen molar-refractivity contribution in [1.29, 1.82) is 0 Å². The predicted molar refractivity (Wildman–Crippen MR) is 147 cm³/mol. The first-order valence-corrected chi connectivity index (χ1v) is 12.8. The van der Waals surface area contributed by atoms with Crippen LogP contribution in [0.25, 0.3) is 0 Å². The number of nitrogens with zero attached hydrogens (tertiary/aromatic N) is 1. The van der Waals surface area contributed by atoms with Crippen molar-refractivity contribution >= 4 is 34.7 Å². The van der Waals surface area contributed by atoms with E-state index in [9.17, 15) is 9.59 Å². The van der Waals surface area contributed by atoms with Crippen LogP contribution in [0, 0.1) is 0 Å². The lowest BCUT2D eigenvalue weighted by atomic mass is 9.77. The van der Waals surface area contributed by atoms with Gasteiger partial charge >= 0.3 is 0 Å². The number of para-hydroxylation sites is 2. The molecule has 1 aliphatic heterocycles. The Morgan fingerprint density at radius 2 is 1.61 bits per heavy atom. The molecule has 3 aromatic rings. The number of rotatable bonds is 2. The number of anilines is 2. The maximum Gasteiger partial charge on any atom is 0.224 e. The van der Waals surface area contributed by atoms with Crippen LogP contribution in [0.4, 0.5) is 11.4 Å². The highest BCUT2D eigenvalue weighted by Crippen LogP contribution is 2.48. The van der Waals surface area contributed by atoms with Gasteiger partial charge in [0.05, 0.1) is 17.4 Å². The normalized spacial score (nSPS) is 19.8. The molecule has 2 atom stereocenters. The number of allylic oxidation sites excluding steroid dienone is 1. The monoisotopic (exact) mass is 498 g/mol. The summed E-state index contributed by atoms with van der Waals surface area (Å²) < 4.78 is 0. The molecule has 1 amide bonds. The molecule has 2 aliphatic rings. The molecule has 0 aromatic heterocycles. The smallest absolute Gasteiger partial charge is 0.224 e. The first kappa shape index (κ1) is 24.3. The molecule has 0 saturated heterocycles. The highest BCUT2D eigenvalue weighted by Gasteiger charge is 2.41. The molecule has 5 rings (SSSR count). The number of benzene rings is 3. The average Bonchev–Trinajstić information content (AvgIpc) is 2.98. The van der Waals surface area contributed by atoms with Gasteiger partial charge in [-0.25, -0.2) is 0 Å². The summed E-state index contributed by atoms with van der Waals surface area (Å²) in [7, 11) is 0. The van der Waals surface area contributed by atoms with Crippen LogP contribution in [0.2, 0.25) is 5.02 Å². The van der Waals surface area contributed by atoms with Crippen LogP contribution in [0.15, 0.2) is 84.1 Å². The highest BCUT2D eigenvalue weighted by atomic mass is 35.5. The van der Waals surface area contributed by atoms with Gasteiger partial charge in [0, 0.05) is 29.6 Å². The summed E-state index contributed by atoms with van der Waals surface area (Å²) in [6, 6.07) is 23.3. The molecule has 0 bridgehead atoms. The second-order valence-corrected chi connectivity index (χ2v) is 11.2. The van der Waals surface area contributed by atoms with Gasteiger partial charge < -0.3 is 5.32 Å². The number of carbonyl (C=O) groups excluding carboxylic acids is 2. The number of amides is 1. The second-order valence-electron chi connectivity index (χ2n) is 10.7. The van der Waals surface area contributed by atoms with E-state index in [0.717, 1.165) is 28.2 Å². The summed E-state index contributed by atoms with van der Waals surface area (Å²) in [6.07, 6.45) is 1.06. The van der Waals surface area contributed by atoms with Crippen LogP contribution < -0.4 is 10.2 Å². The number of carbonyl (C=O) groups is 2. The van der Waals surface area contributed by atoms with E-state index in [1.54, 1.807) is 11.8 Å². The van der Waals surface area contributed by atoms with Gasteiger partial charge in [0.2, 0.25) is 5.91 Å². The third kappa shape index (κ3) is 4.35. The third-order valence-corrected chi connectivity index (χ3v) is 7.62. The Balaban J connectivity index is 1.65. The topological polar surface area (TPSA) is 49.4 Å². The standard InChI is InChI=1S/C31H31ClN2O2/c1-19(35)34-27-12-8-7-11-25(27)33-26-17-21(20-13-15-22(16-14-20)31(2,3)4)18-28(36)29(26)30(34)23-9-5-6-10-24(23)32/h5-16,21,30,33H,17-18H2,1-4H3. The third-order valence-electron chi connectivity index (χ3n) is 7.28. The first-order valence-electron chi connectivity index (χ1n) is 12.4. The fourth-order valence-electron chi connectivity index (χ4n) is 5.42. The SMILES string of the molecule is CC(=O)N1c2ccccc2NC2=C(C(=O)CC(c3ccc(C(C)(C)C)cc3)C2)C1c1ccccc1Cl. The summed E-state index contributed by atoms with van der Waals surface area (Å²) >= 11 is 6.67. The van der Waals surface area contributed by atoms with Gasteiger partial charge in [0.25, 0.3) is 0 Å². The van der Waals surface area contributed by atoms with E-state index in [1.165, 1.54) is 5.56 Å². The minimum atomic E-state index is -0.598. The molecular weight excluding hydrogens is 468 g/mol. The van der Waals surface area contributed by atoms with Crippen LogP contribution in [0.1, 0.15) is 69.2 Å². The Morgan fingerprint density at radius 1 is 0.944 bits per heavy atom. The Labute approximate surface area is 218 Å². The van der Waals surface area contributed by atoms with Gasteiger partial charge in [0.1, 0.15) is 0 Å². The van der Waals surface area contributed by atoms with Crippen LogP contribution in [-0.2, 0) is 15.0 Å². The molecule has 184 valence electrons. The van der Waals surface area contributed by atoms with Crippen molar-refractivity contribution in [3.05, 3.63) is 106 Å². The molecule has 0 fully saturated rings. The summed E-state index contributed by atoms with van der Waals surface area (Å²) in [5.41, 5.74) is 6.28. The fourth-order valence-corrected chi connectivity index (χ4v) is 5.66. The lowest BCUT2D eigenvalue weighted by Crippen LogP contribution is -2.37. The number of ketones is 1. The molecule has 0 saturated carbocycles. The van der Waals surface area contributed by atoms with E-state index in [1.807, 2.05) is 48.5 Å². The zero-order valence-corrected chi connectivity index (χ0v) is 21.9. The van der Waals surface area contributed by atoms with Crippen molar-refractivity contribution < 1.29 is 9.59 Å². The fraction of sp³-hybridized carbons (Fsp3) is 0.290. The largest absolute Gasteiger partial charge is 0.357 e. The lowest BCUT2D eigenvalue weighted by Gasteiger charge is -2.35. The number of halogens is 1. The average molecular weight is 499 g/mol. The minimum absolute atomic E-state index is 0.0395. The molecule has 4 nitrogen and oxygen atoms in total. The quantitative estimate of drug-likeness (QED) is 0.396. The van der Waals surface area contributed by atoms with Gasteiger partial charge in [-0.05, 0) is 52.6 Å². The zero-order valence-electron chi connectivity index (χ0n) is 21.1. The van der Waals surface area contributed by atoms with Gasteiger partial charge in [-0.15, -0.1) is 0 Å². The van der Waals surface area contributed by atoms with Crippen molar-refractivity contribution in [3.8, 4) is 0 Å². The minimum Gasteiger partial charge on any atom is -0.357 e. The van der Waals surface area contributed by atoms with Gasteiger partial charge in [-0.2, -0.15) is 0 Å². The Hall–Kier alpha value is -3.37. The number of nitrogens with one attached hydrogen (secondary N) is 1. The Morgan fingerprint density at radius 3 is 2.28 bits per heavy atom. The summed E-state index contributed by atoms with van der Waals surface area (Å²) in [4.78, 5) is 28.7. The molecule has 5 heteroatoms. The molecule has 36 heavy (non-hydrogen) atoms. The summed E-state index contributed by atoms with van der Waals surface area (Å²) in [5.74, 6) is -0.0473. The van der Waals surface area contributed by atoms with Gasteiger partial charge in [-0.1, -0.05) is 87.0 Å². The summed E-state index contributed by atoms with van der Waals surface area (Å²) in [6.45, 7) is 8.14. The van der Waals surface area contributed by atoms with E-state index in [0.29, 0.717) is 23.4 Å². The number of fused-ring (bicyclic) bond motifs is 1. The molecule has 0 radical (unpaired) electrons. The molecule has 3 aromatic carbocycles. The van der Waals surface area contributed by atoms with E-state index in [4.69, 9.17) is 11.6 Å². The highest BCUT2D eigenvalue weighted by molar-refractivity contribution is 6.31. The Kier molecular flexibility index (Phi) is 6.25. The van der Waals surface area contributed by atoms with Crippen LogP contribution >= 0.6 is 11.6 Å². The predicted octanol–water partition coefficient (Wildman–Crippen LogP) is 7.56. The van der Waals surface area contributed by atoms with Crippen molar-refractivity contribution in [2.75, 3.05) is 10.2 Å². The second kappa shape index (κ2) is 9.25. The van der Waals surface area contributed by atoms with Crippen LogP contribution in [-0.4, -0.2) is 11.7 Å². The van der Waals surface area contributed by atoms with E-state index >= 15 is 0 Å². The van der Waals surface area contributed by atoms with E-state index < -0.39 is 6.04 Å². The van der Waals surface area contributed by atoms with E-state index in [-0.39, 0.29) is 23.0 Å². The molecule has 0 spiro atoms. The van der Waals surface area contributed by atoms with Crippen molar-refractivity contribution in [3.63, 3.8) is 0 Å². The van der Waals surface area contributed by atoms with Gasteiger partial charge in [0.15, 0.2) is 5.78 Å². The first-order chi connectivity index (χ1) is 17.1. The van der Waals surface area contributed by atoms with Crippen LogP contribution in [0.5, 0.6) is 0 Å². The molecule has 1 aliphatic carbocycles. The van der Waals surface area contributed by atoms with Gasteiger partial charge in [-0.3, -0.25) is 14.5 Å². The lowest BCUT2D eigenvalue weighted by molar-refractivity contribution is -0.117. The maximum absolute atomic E-state index is 13.9. The molecule has 2 unspecified atom stereocenters. The molecule has 1 N–H and O–H groups in total. The van der Waals surface area contributed by atoms with E-state index in [2.05, 4.69) is 50.4 Å². The number of hydrogen-bond acceptors (Lipinski definition) is 3. The Bertz CT molecular complexity index is 1370. The van der Waals surface area contributed by atoms with Crippen molar-refractivity contribution in [2.45, 2.75) is 57.9 Å². The van der Waals surface area contributed by atoms with Crippen molar-refractivity contribution in [2.24, 2.45) is 0 Å². The summed E-state index contributed by atoms with van der Waals surface area (Å²) in [5, 5.41) is 4.09. The molecule has 1 heterocycles. The zero-order chi connectivity index (χ0) is 25.6. The number of Topliss-reactive ketones (excluding diaryl/α,β-unsaturated/α-hetero) is 1. The maximum atomic E-state index is 13.9. The molecular formula is C31H31ClN2O2. The van der Waals surface area contributed by atoms with Crippen LogP contribution in [0.3, 0.4) is 0 Å².